The predicted molar refractivity (Wildman–Crippen MR) is 66.6 cm³/mol. The minimum Gasteiger partial charge on any atom is -0.491 e. The topological polar surface area (TPSA) is 79.9 Å². The predicted octanol–water partition coefficient (Wildman–Crippen LogP) is 1.85. The molecule has 6 nitrogen and oxygen atoms in total. The van der Waals surface area contributed by atoms with Gasteiger partial charge in [0.05, 0.1) is 18.5 Å². The summed E-state index contributed by atoms with van der Waals surface area (Å²) in [5.74, 6) is 0.326. The molecule has 2 aromatic rings. The minimum absolute atomic E-state index is 0.236. The van der Waals surface area contributed by atoms with Crippen LogP contribution in [0.15, 0.2) is 30.5 Å². The van der Waals surface area contributed by atoms with Crippen molar-refractivity contribution in [1.82, 2.24) is 15.4 Å². The molecular weight excluding hydrogens is 232 g/mol. The Bertz CT molecular complexity index is 511. The Hall–Kier alpha value is -2.37. The van der Waals surface area contributed by atoms with Crippen molar-refractivity contribution in [2.75, 3.05) is 11.9 Å². The fraction of sp³-hybridized carbons (Fsp3) is 0.250. The number of amides is 1. The van der Waals surface area contributed by atoms with Gasteiger partial charge in [-0.25, -0.2) is 0 Å². The highest BCUT2D eigenvalue weighted by Crippen LogP contribution is 2.24. The number of rotatable bonds is 5. The first-order chi connectivity index (χ1) is 8.81. The summed E-state index contributed by atoms with van der Waals surface area (Å²) in [5.41, 5.74) is 0.860. The van der Waals surface area contributed by atoms with Crippen molar-refractivity contribution in [3.63, 3.8) is 0 Å². The molecular formula is C12H14N4O2. The normalized spacial score (nSPS) is 10.1. The number of anilines is 1. The van der Waals surface area contributed by atoms with Gasteiger partial charge in [0.1, 0.15) is 5.75 Å². The number of para-hydroxylation sites is 2. The average molecular weight is 246 g/mol. The van der Waals surface area contributed by atoms with Gasteiger partial charge in [0, 0.05) is 0 Å². The van der Waals surface area contributed by atoms with Crippen LogP contribution in [0, 0.1) is 0 Å². The molecule has 1 aromatic carbocycles. The van der Waals surface area contributed by atoms with Crippen molar-refractivity contribution in [1.29, 1.82) is 0 Å². The van der Waals surface area contributed by atoms with E-state index in [4.69, 9.17) is 4.74 Å². The molecule has 2 N–H and O–H groups in total. The van der Waals surface area contributed by atoms with Crippen molar-refractivity contribution in [3.8, 4) is 5.75 Å². The van der Waals surface area contributed by atoms with Crippen molar-refractivity contribution < 1.29 is 9.53 Å². The van der Waals surface area contributed by atoms with E-state index in [2.05, 4.69) is 20.7 Å². The molecule has 6 heteroatoms. The molecule has 0 bridgehead atoms. The third kappa shape index (κ3) is 2.85. The van der Waals surface area contributed by atoms with E-state index in [1.165, 1.54) is 6.20 Å². The first kappa shape index (κ1) is 12.1. The van der Waals surface area contributed by atoms with Gasteiger partial charge in [-0.05, 0) is 18.6 Å². The summed E-state index contributed by atoms with van der Waals surface area (Å²) in [6, 6.07) is 7.28. The van der Waals surface area contributed by atoms with Gasteiger partial charge >= 0.3 is 0 Å². The second-order valence-corrected chi connectivity index (χ2v) is 3.65. The van der Waals surface area contributed by atoms with Crippen molar-refractivity contribution >= 4 is 11.6 Å². The number of hydrogen-bond donors (Lipinski definition) is 2. The number of ether oxygens (including phenoxy) is 1. The molecule has 0 aliphatic heterocycles. The van der Waals surface area contributed by atoms with Crippen LogP contribution in [-0.2, 0) is 0 Å². The van der Waals surface area contributed by atoms with Crippen molar-refractivity contribution in [2.24, 2.45) is 0 Å². The lowest BCUT2D eigenvalue weighted by Gasteiger charge is -2.10. The van der Waals surface area contributed by atoms with Crippen molar-refractivity contribution in [3.05, 3.63) is 36.2 Å². The van der Waals surface area contributed by atoms with Crippen LogP contribution in [0.4, 0.5) is 5.69 Å². The van der Waals surface area contributed by atoms with Gasteiger partial charge in [-0.1, -0.05) is 19.1 Å². The average Bonchev–Trinajstić information content (AvgIpc) is 2.91. The number of nitrogens with one attached hydrogen (secondary N) is 2. The highest BCUT2D eigenvalue weighted by Gasteiger charge is 2.11. The lowest BCUT2D eigenvalue weighted by molar-refractivity contribution is 0.102. The lowest BCUT2D eigenvalue weighted by Crippen LogP contribution is -2.13. The molecule has 0 spiro atoms. The van der Waals surface area contributed by atoms with E-state index in [0.717, 1.165) is 6.42 Å². The molecule has 2 rings (SSSR count). The van der Waals surface area contributed by atoms with Crippen LogP contribution >= 0.6 is 0 Å². The maximum atomic E-state index is 11.8. The maximum Gasteiger partial charge on any atom is 0.277 e. The van der Waals surface area contributed by atoms with Gasteiger partial charge in [-0.3, -0.25) is 4.79 Å². The zero-order valence-electron chi connectivity index (χ0n) is 10.0. The van der Waals surface area contributed by atoms with Crippen LogP contribution in [0.2, 0.25) is 0 Å². The SMILES string of the molecule is CCCOc1ccccc1NC(=O)c1cn[nH]n1. The molecule has 0 saturated heterocycles. The van der Waals surface area contributed by atoms with Crippen molar-refractivity contribution in [2.45, 2.75) is 13.3 Å². The first-order valence-electron chi connectivity index (χ1n) is 5.70. The number of carbonyl (C=O) groups is 1. The Morgan fingerprint density at radius 2 is 2.28 bits per heavy atom. The van der Waals surface area contributed by atoms with Crippen LogP contribution in [0.25, 0.3) is 0 Å². The zero-order chi connectivity index (χ0) is 12.8. The second-order valence-electron chi connectivity index (χ2n) is 3.65. The maximum absolute atomic E-state index is 11.8. The monoisotopic (exact) mass is 246 g/mol. The fourth-order valence-corrected chi connectivity index (χ4v) is 1.41. The molecule has 94 valence electrons. The summed E-state index contributed by atoms with van der Waals surface area (Å²) in [6.45, 7) is 2.63. The van der Waals surface area contributed by atoms with E-state index < -0.39 is 0 Å². The zero-order valence-corrected chi connectivity index (χ0v) is 10.0. The molecule has 1 aromatic heterocycles. The summed E-state index contributed by atoms with van der Waals surface area (Å²) in [4.78, 5) is 11.8. The van der Waals surface area contributed by atoms with Gasteiger partial charge in [0.25, 0.3) is 5.91 Å². The third-order valence-electron chi connectivity index (χ3n) is 2.24. The molecule has 0 aliphatic carbocycles. The molecule has 0 atom stereocenters. The molecule has 1 heterocycles. The van der Waals surface area contributed by atoms with E-state index in [0.29, 0.717) is 18.0 Å². The molecule has 0 radical (unpaired) electrons. The third-order valence-corrected chi connectivity index (χ3v) is 2.24. The lowest BCUT2D eigenvalue weighted by atomic mass is 10.3. The number of hydrogen-bond acceptors (Lipinski definition) is 4. The number of aromatic amines is 1. The fourth-order valence-electron chi connectivity index (χ4n) is 1.41. The Labute approximate surface area is 104 Å². The summed E-state index contributed by atoms with van der Waals surface area (Å²) >= 11 is 0. The molecule has 0 saturated carbocycles. The number of aromatic nitrogens is 3. The summed E-state index contributed by atoms with van der Waals surface area (Å²) < 4.78 is 5.55. The van der Waals surface area contributed by atoms with Crippen LogP contribution < -0.4 is 10.1 Å². The van der Waals surface area contributed by atoms with E-state index in [1.54, 1.807) is 6.07 Å². The second kappa shape index (κ2) is 5.81. The number of benzene rings is 1. The van der Waals surface area contributed by atoms with Gasteiger partial charge < -0.3 is 10.1 Å². The Kier molecular flexibility index (Phi) is 3.90. The van der Waals surface area contributed by atoms with Gasteiger partial charge in [-0.2, -0.15) is 15.4 Å². The number of H-pyrrole nitrogens is 1. The Balaban J connectivity index is 2.11. The smallest absolute Gasteiger partial charge is 0.277 e. The van der Waals surface area contributed by atoms with Gasteiger partial charge in [-0.15, -0.1) is 0 Å². The van der Waals surface area contributed by atoms with E-state index in [-0.39, 0.29) is 11.6 Å². The standard InChI is InChI=1S/C12H14N4O2/c1-2-7-18-11-6-4-3-5-9(11)14-12(17)10-8-13-16-15-10/h3-6,8H,2,7H2,1H3,(H,14,17)(H,13,15,16). The first-order valence-corrected chi connectivity index (χ1v) is 5.70. The summed E-state index contributed by atoms with van der Waals surface area (Å²) in [6.07, 6.45) is 2.27. The van der Waals surface area contributed by atoms with Crippen LogP contribution in [0.1, 0.15) is 23.8 Å². The van der Waals surface area contributed by atoms with E-state index in [9.17, 15) is 4.79 Å². The van der Waals surface area contributed by atoms with Gasteiger partial charge in [0.15, 0.2) is 5.69 Å². The molecule has 0 unspecified atom stereocenters. The highest BCUT2D eigenvalue weighted by molar-refractivity contribution is 6.03. The Morgan fingerprint density at radius 1 is 1.44 bits per heavy atom. The number of carbonyl (C=O) groups excluding carboxylic acids is 1. The molecule has 1 amide bonds. The molecule has 0 aliphatic rings. The van der Waals surface area contributed by atoms with E-state index in [1.807, 2.05) is 25.1 Å². The van der Waals surface area contributed by atoms with Crippen LogP contribution in [-0.4, -0.2) is 27.9 Å². The van der Waals surface area contributed by atoms with E-state index >= 15 is 0 Å². The molecule has 18 heavy (non-hydrogen) atoms. The number of nitrogens with zero attached hydrogens (tertiary/aromatic N) is 2. The summed E-state index contributed by atoms with van der Waals surface area (Å²) in [5, 5.41) is 12.4. The highest BCUT2D eigenvalue weighted by atomic mass is 16.5. The van der Waals surface area contributed by atoms with Crippen LogP contribution in [0.5, 0.6) is 5.75 Å². The Morgan fingerprint density at radius 3 is 3.00 bits per heavy atom. The summed E-state index contributed by atoms with van der Waals surface area (Å²) in [7, 11) is 0. The van der Waals surface area contributed by atoms with Gasteiger partial charge in [0.2, 0.25) is 0 Å². The largest absolute Gasteiger partial charge is 0.491 e. The molecule has 0 fully saturated rings. The minimum atomic E-state index is -0.323. The van der Waals surface area contributed by atoms with Crippen LogP contribution in [0.3, 0.4) is 0 Å². The quantitative estimate of drug-likeness (QED) is 0.843.